The molecule has 0 aliphatic rings. The van der Waals surface area contributed by atoms with Gasteiger partial charge in [-0.25, -0.2) is 0 Å². The molecule has 24 heavy (non-hydrogen) atoms. The average molecular weight is 406 g/mol. The van der Waals surface area contributed by atoms with E-state index in [9.17, 15) is 9.90 Å². The van der Waals surface area contributed by atoms with Crippen LogP contribution in [0.1, 0.15) is 10.4 Å². The van der Waals surface area contributed by atoms with E-state index in [1.54, 1.807) is 0 Å². The number of hydrogen-bond donors (Lipinski definition) is 3. The first-order chi connectivity index (χ1) is 11.3. The number of amides is 1. The van der Waals surface area contributed by atoms with E-state index in [1.165, 1.54) is 37.4 Å². The highest BCUT2D eigenvalue weighted by molar-refractivity contribution is 7.80. The van der Waals surface area contributed by atoms with Crippen molar-refractivity contribution in [1.82, 2.24) is 5.32 Å². The number of methoxy groups -OCH3 is 1. The minimum atomic E-state index is -0.574. The zero-order chi connectivity index (χ0) is 17.9. The highest BCUT2D eigenvalue weighted by Crippen LogP contribution is 2.32. The molecule has 0 fully saturated rings. The van der Waals surface area contributed by atoms with Crippen molar-refractivity contribution in [2.45, 2.75) is 0 Å². The van der Waals surface area contributed by atoms with Crippen molar-refractivity contribution in [3.8, 4) is 11.5 Å². The molecule has 2 aromatic rings. The number of halogens is 3. The molecule has 3 N–H and O–H groups in total. The molecule has 2 rings (SSSR count). The normalized spacial score (nSPS) is 10.2. The number of rotatable bonds is 3. The molecular weight excluding hydrogens is 395 g/mol. The van der Waals surface area contributed by atoms with Crippen LogP contribution in [0.5, 0.6) is 11.5 Å². The Balaban J connectivity index is 2.18. The van der Waals surface area contributed by atoms with Crippen molar-refractivity contribution < 1.29 is 14.6 Å². The molecule has 2 aromatic carbocycles. The third-order valence-electron chi connectivity index (χ3n) is 2.89. The fraction of sp³-hybridized carbons (Fsp3) is 0.0667. The van der Waals surface area contributed by atoms with E-state index < -0.39 is 5.91 Å². The SMILES string of the molecule is COc1c(Cl)cc(Cl)cc1C(=O)NC(=S)Nc1cc(Cl)ccc1O. The summed E-state index contributed by atoms with van der Waals surface area (Å²) in [6, 6.07) is 7.24. The number of phenolic OH excluding ortho intramolecular Hbond substituents is 1. The molecule has 0 unspecified atom stereocenters. The summed E-state index contributed by atoms with van der Waals surface area (Å²) < 4.78 is 5.11. The Morgan fingerprint density at radius 2 is 1.88 bits per heavy atom. The highest BCUT2D eigenvalue weighted by Gasteiger charge is 2.18. The van der Waals surface area contributed by atoms with Crippen LogP contribution in [-0.4, -0.2) is 23.2 Å². The molecule has 0 aliphatic carbocycles. The Labute approximate surface area is 158 Å². The Hall–Kier alpha value is -1.73. The van der Waals surface area contributed by atoms with Crippen LogP contribution in [0.4, 0.5) is 5.69 Å². The Morgan fingerprint density at radius 1 is 1.17 bits per heavy atom. The molecule has 0 aliphatic heterocycles. The molecule has 0 aromatic heterocycles. The molecule has 0 atom stereocenters. The standard InChI is InChI=1S/C15H11Cl3N2O3S/c1-23-13-9(4-8(17)5-10(13)18)14(22)20-15(24)19-11-6-7(16)2-3-12(11)21/h2-6,21H,1H3,(H2,19,20,22,24). The summed E-state index contributed by atoms with van der Waals surface area (Å²) in [5.74, 6) is -0.471. The van der Waals surface area contributed by atoms with E-state index >= 15 is 0 Å². The maximum Gasteiger partial charge on any atom is 0.261 e. The number of benzene rings is 2. The number of aromatic hydroxyl groups is 1. The fourth-order valence-corrected chi connectivity index (χ4v) is 2.81. The zero-order valence-electron chi connectivity index (χ0n) is 12.2. The van der Waals surface area contributed by atoms with Crippen molar-refractivity contribution in [2.24, 2.45) is 0 Å². The minimum absolute atomic E-state index is 0.0456. The topological polar surface area (TPSA) is 70.6 Å². The maximum atomic E-state index is 12.4. The van der Waals surface area contributed by atoms with Crippen LogP contribution in [0.15, 0.2) is 30.3 Å². The van der Waals surface area contributed by atoms with E-state index in [0.29, 0.717) is 5.02 Å². The summed E-state index contributed by atoms with van der Waals surface area (Å²) in [6.07, 6.45) is 0. The number of phenols is 1. The second-order valence-corrected chi connectivity index (χ2v) is 6.23. The van der Waals surface area contributed by atoms with Gasteiger partial charge in [0.25, 0.3) is 5.91 Å². The van der Waals surface area contributed by atoms with Crippen molar-refractivity contribution in [3.63, 3.8) is 0 Å². The van der Waals surface area contributed by atoms with Gasteiger partial charge in [0.05, 0.1) is 23.4 Å². The number of hydrogen-bond acceptors (Lipinski definition) is 4. The van der Waals surface area contributed by atoms with E-state index in [4.69, 9.17) is 51.8 Å². The summed E-state index contributed by atoms with van der Waals surface area (Å²) in [4.78, 5) is 12.4. The van der Waals surface area contributed by atoms with Crippen molar-refractivity contribution >= 4 is 63.7 Å². The lowest BCUT2D eigenvalue weighted by Gasteiger charge is -2.13. The first-order valence-electron chi connectivity index (χ1n) is 6.45. The average Bonchev–Trinajstić information content (AvgIpc) is 2.50. The van der Waals surface area contributed by atoms with Crippen LogP contribution in [0.25, 0.3) is 0 Å². The molecular formula is C15H11Cl3N2O3S. The van der Waals surface area contributed by atoms with Gasteiger partial charge in [0.2, 0.25) is 0 Å². The number of nitrogens with one attached hydrogen (secondary N) is 2. The van der Waals surface area contributed by atoms with Crippen LogP contribution in [0, 0.1) is 0 Å². The van der Waals surface area contributed by atoms with Crippen LogP contribution < -0.4 is 15.4 Å². The molecule has 0 saturated heterocycles. The Morgan fingerprint density at radius 3 is 2.54 bits per heavy atom. The number of carbonyl (C=O) groups is 1. The summed E-state index contributed by atoms with van der Waals surface area (Å²) in [6.45, 7) is 0. The highest BCUT2D eigenvalue weighted by atomic mass is 35.5. The smallest absolute Gasteiger partial charge is 0.261 e. The predicted molar refractivity (Wildman–Crippen MR) is 99.8 cm³/mol. The van der Waals surface area contributed by atoms with Crippen LogP contribution >= 0.6 is 47.0 Å². The van der Waals surface area contributed by atoms with Gasteiger partial charge in [-0.05, 0) is 42.5 Å². The number of anilines is 1. The van der Waals surface area contributed by atoms with Gasteiger partial charge < -0.3 is 15.2 Å². The molecule has 5 nitrogen and oxygen atoms in total. The molecule has 0 saturated carbocycles. The third-order valence-corrected chi connectivity index (χ3v) is 3.83. The Kier molecular flexibility index (Phi) is 6.12. The van der Waals surface area contributed by atoms with Crippen LogP contribution in [-0.2, 0) is 0 Å². The summed E-state index contributed by atoms with van der Waals surface area (Å²) in [7, 11) is 1.38. The first kappa shape index (κ1) is 18.6. The van der Waals surface area contributed by atoms with Gasteiger partial charge in [0, 0.05) is 10.0 Å². The van der Waals surface area contributed by atoms with Crippen molar-refractivity contribution in [3.05, 3.63) is 51.0 Å². The molecule has 0 spiro atoms. The van der Waals surface area contributed by atoms with Gasteiger partial charge >= 0.3 is 0 Å². The number of carbonyl (C=O) groups excluding carboxylic acids is 1. The second kappa shape index (κ2) is 7.90. The maximum absolute atomic E-state index is 12.4. The molecule has 1 amide bonds. The monoisotopic (exact) mass is 404 g/mol. The number of thiocarbonyl (C=S) groups is 1. The van der Waals surface area contributed by atoms with Gasteiger partial charge in [-0.1, -0.05) is 34.8 Å². The Bertz CT molecular complexity index is 815. The largest absolute Gasteiger partial charge is 0.506 e. The molecule has 0 bridgehead atoms. The van der Waals surface area contributed by atoms with Crippen LogP contribution in [0.2, 0.25) is 15.1 Å². The van der Waals surface area contributed by atoms with E-state index in [-0.39, 0.29) is 37.9 Å². The van der Waals surface area contributed by atoms with E-state index in [0.717, 1.165) is 0 Å². The zero-order valence-corrected chi connectivity index (χ0v) is 15.3. The molecule has 126 valence electrons. The second-order valence-electron chi connectivity index (χ2n) is 4.54. The molecule has 0 radical (unpaired) electrons. The molecule has 0 heterocycles. The lowest BCUT2D eigenvalue weighted by Crippen LogP contribution is -2.34. The lowest BCUT2D eigenvalue weighted by atomic mass is 10.2. The van der Waals surface area contributed by atoms with Gasteiger partial charge in [0.15, 0.2) is 5.11 Å². The lowest BCUT2D eigenvalue weighted by molar-refractivity contribution is 0.0974. The van der Waals surface area contributed by atoms with Gasteiger partial charge in [-0.3, -0.25) is 10.1 Å². The first-order valence-corrected chi connectivity index (χ1v) is 8.00. The predicted octanol–water partition coefficient (Wildman–Crippen LogP) is 4.49. The third kappa shape index (κ3) is 4.42. The van der Waals surface area contributed by atoms with Crippen LogP contribution in [0.3, 0.4) is 0 Å². The van der Waals surface area contributed by atoms with Crippen molar-refractivity contribution in [1.29, 1.82) is 0 Å². The van der Waals surface area contributed by atoms with Gasteiger partial charge in [-0.2, -0.15) is 0 Å². The van der Waals surface area contributed by atoms with Gasteiger partial charge in [0.1, 0.15) is 11.5 Å². The molecule has 9 heteroatoms. The minimum Gasteiger partial charge on any atom is -0.506 e. The summed E-state index contributed by atoms with van der Waals surface area (Å²) in [5, 5.41) is 15.7. The van der Waals surface area contributed by atoms with E-state index in [1.807, 2.05) is 0 Å². The number of ether oxygens (including phenoxy) is 1. The van der Waals surface area contributed by atoms with E-state index in [2.05, 4.69) is 10.6 Å². The summed E-state index contributed by atoms with van der Waals surface area (Å²) >= 11 is 22.8. The quantitative estimate of drug-likeness (QED) is 0.518. The fourth-order valence-electron chi connectivity index (χ4n) is 1.87. The van der Waals surface area contributed by atoms with Crippen molar-refractivity contribution in [2.75, 3.05) is 12.4 Å². The van der Waals surface area contributed by atoms with Gasteiger partial charge in [-0.15, -0.1) is 0 Å². The summed E-state index contributed by atoms with van der Waals surface area (Å²) in [5.41, 5.74) is 0.373.